The van der Waals surface area contributed by atoms with Crippen molar-refractivity contribution >= 4 is 23.2 Å². The molecular weight excluding hydrogens is 595 g/mol. The Morgan fingerprint density at radius 3 is 2.45 bits per heavy atom. The number of halogens is 2. The first-order valence-corrected chi connectivity index (χ1v) is 17.1. The minimum atomic E-state index is 0.0332. The van der Waals surface area contributed by atoms with E-state index in [9.17, 15) is 0 Å². The van der Waals surface area contributed by atoms with E-state index >= 15 is 0 Å². The summed E-state index contributed by atoms with van der Waals surface area (Å²) in [7, 11) is 1.64. The molecule has 1 saturated heterocycles. The van der Waals surface area contributed by atoms with Gasteiger partial charge in [0.05, 0.1) is 43.7 Å². The molecule has 1 fully saturated rings. The molecule has 244 valence electrons. The van der Waals surface area contributed by atoms with E-state index in [-0.39, 0.29) is 36.4 Å². The van der Waals surface area contributed by atoms with Crippen molar-refractivity contribution in [2.45, 2.75) is 83.3 Å². The molecule has 2 aromatic rings. The van der Waals surface area contributed by atoms with Gasteiger partial charge in [0.2, 0.25) is 0 Å². The third-order valence-electron chi connectivity index (χ3n) is 8.58. The number of rotatable bonds is 9. The topological polar surface area (TPSA) is 64.3 Å². The van der Waals surface area contributed by atoms with E-state index in [2.05, 4.69) is 80.8 Å². The van der Waals surface area contributed by atoms with E-state index in [0.29, 0.717) is 41.7 Å². The van der Waals surface area contributed by atoms with Gasteiger partial charge in [-0.15, -0.1) is 11.6 Å². The lowest BCUT2D eigenvalue weighted by molar-refractivity contribution is -0.0727. The first-order valence-electron chi connectivity index (χ1n) is 16.2. The van der Waals surface area contributed by atoms with Crippen molar-refractivity contribution < 1.29 is 18.9 Å². The Morgan fingerprint density at radius 2 is 1.75 bits per heavy atom. The van der Waals surface area contributed by atoms with Crippen LogP contribution in [0.15, 0.2) is 54.6 Å². The van der Waals surface area contributed by atoms with E-state index in [1.165, 1.54) is 11.1 Å². The number of benzene rings is 2. The molecule has 0 spiro atoms. The van der Waals surface area contributed by atoms with E-state index in [0.717, 1.165) is 44.5 Å². The average Bonchev–Trinajstić information content (AvgIpc) is 3.81. The van der Waals surface area contributed by atoms with Crippen molar-refractivity contribution in [1.82, 2.24) is 10.6 Å². The molecule has 0 amide bonds. The fraction of sp³-hybridized carbons (Fsp3) is 0.611. The smallest absolute Gasteiger partial charge is 0.137 e. The van der Waals surface area contributed by atoms with Crippen LogP contribution in [0, 0.1) is 17.8 Å². The second-order valence-electron chi connectivity index (χ2n) is 13.0. The standard InChI is InChI=1S/C36H52Cl2N2O4/c1-24(2)16-31-23-43-33(26(4)35-36(44-35)29-12-9-27(19-37)10-13-29)8-6-7-15-40-30(21-39-20-25(3)22-42-31)17-28-11-14-34(41-5)32(38)18-28/h6-7,9-14,18,24-26,30-31,33,35-36,39-40H,8,15-17,19-23H2,1-5H3/b7-6+/t25-,26+,30-,31+,33+,35-,36?/m1/s1. The number of alkyl halides is 1. The molecule has 7 atom stereocenters. The predicted octanol–water partition coefficient (Wildman–Crippen LogP) is 7.37. The highest BCUT2D eigenvalue weighted by molar-refractivity contribution is 6.32. The summed E-state index contributed by atoms with van der Waals surface area (Å²) in [6.45, 7) is 12.8. The van der Waals surface area contributed by atoms with Gasteiger partial charge in [0, 0.05) is 30.9 Å². The van der Waals surface area contributed by atoms with Gasteiger partial charge in [0.25, 0.3) is 0 Å². The molecule has 1 unspecified atom stereocenters. The molecule has 0 saturated carbocycles. The van der Waals surface area contributed by atoms with Gasteiger partial charge < -0.3 is 29.6 Å². The van der Waals surface area contributed by atoms with E-state index in [1.54, 1.807) is 7.11 Å². The van der Waals surface area contributed by atoms with Crippen molar-refractivity contribution in [3.63, 3.8) is 0 Å². The van der Waals surface area contributed by atoms with Crippen molar-refractivity contribution in [3.8, 4) is 5.75 Å². The fourth-order valence-electron chi connectivity index (χ4n) is 5.92. The summed E-state index contributed by atoms with van der Waals surface area (Å²) in [5, 5.41) is 8.04. The fourth-order valence-corrected chi connectivity index (χ4v) is 6.38. The molecule has 2 heterocycles. The summed E-state index contributed by atoms with van der Waals surface area (Å²) in [4.78, 5) is 0. The first kappa shape index (κ1) is 35.2. The predicted molar refractivity (Wildman–Crippen MR) is 181 cm³/mol. The van der Waals surface area contributed by atoms with Crippen LogP contribution in [0.5, 0.6) is 5.75 Å². The summed E-state index contributed by atoms with van der Waals surface area (Å²) < 4.78 is 24.7. The summed E-state index contributed by atoms with van der Waals surface area (Å²) in [5.74, 6) is 2.37. The van der Waals surface area contributed by atoms with E-state index in [4.69, 9.17) is 42.1 Å². The highest BCUT2D eigenvalue weighted by Gasteiger charge is 2.46. The number of hydrogen-bond acceptors (Lipinski definition) is 6. The van der Waals surface area contributed by atoms with Crippen molar-refractivity contribution in [2.24, 2.45) is 17.8 Å². The van der Waals surface area contributed by atoms with Crippen LogP contribution in [0.4, 0.5) is 0 Å². The molecule has 44 heavy (non-hydrogen) atoms. The summed E-state index contributed by atoms with van der Waals surface area (Å²) in [5.41, 5.74) is 3.51. The van der Waals surface area contributed by atoms with Crippen LogP contribution >= 0.6 is 23.2 Å². The number of nitrogens with one attached hydrogen (secondary N) is 2. The summed E-state index contributed by atoms with van der Waals surface area (Å²) in [6.07, 6.45) is 7.48. The highest BCUT2D eigenvalue weighted by atomic mass is 35.5. The molecule has 6 nitrogen and oxygen atoms in total. The second kappa shape index (κ2) is 17.9. The SMILES string of the molecule is COc1ccc(C[C@@H]2CNC[C@@H](C)CO[C@@H](CC(C)C)CO[C@H]([C@H](C)[C@H]3OC3c3ccc(CCl)cc3)C/C=C/CN2)cc1Cl. The van der Waals surface area contributed by atoms with Gasteiger partial charge in [-0.05, 0) is 66.5 Å². The maximum absolute atomic E-state index is 6.67. The maximum atomic E-state index is 6.67. The van der Waals surface area contributed by atoms with Crippen molar-refractivity contribution in [1.29, 1.82) is 0 Å². The van der Waals surface area contributed by atoms with Crippen molar-refractivity contribution in [3.05, 3.63) is 76.3 Å². The van der Waals surface area contributed by atoms with Crippen molar-refractivity contribution in [2.75, 3.05) is 40.0 Å². The Hall–Kier alpha value is -1.64. The molecule has 0 radical (unpaired) electrons. The van der Waals surface area contributed by atoms with Gasteiger partial charge in [-0.3, -0.25) is 0 Å². The number of epoxide rings is 1. The quantitative estimate of drug-likeness (QED) is 0.169. The third-order valence-corrected chi connectivity index (χ3v) is 9.18. The molecule has 2 aliphatic heterocycles. The molecule has 0 aliphatic carbocycles. The number of hydrogen-bond donors (Lipinski definition) is 2. The molecule has 0 bridgehead atoms. The van der Waals surface area contributed by atoms with Gasteiger partial charge >= 0.3 is 0 Å². The lowest BCUT2D eigenvalue weighted by atomic mass is 9.93. The Kier molecular flexibility index (Phi) is 14.3. The molecule has 4 rings (SSSR count). The van der Waals surface area contributed by atoms with Gasteiger partial charge in [-0.2, -0.15) is 0 Å². The molecule has 0 aromatic heterocycles. The number of methoxy groups -OCH3 is 1. The largest absolute Gasteiger partial charge is 0.495 e. The van der Waals surface area contributed by atoms with Crippen LogP contribution in [-0.4, -0.2) is 64.3 Å². The average molecular weight is 648 g/mol. The van der Waals surface area contributed by atoms with E-state index < -0.39 is 0 Å². The van der Waals surface area contributed by atoms with Crippen LogP contribution in [0.2, 0.25) is 5.02 Å². The van der Waals surface area contributed by atoms with Crippen LogP contribution in [0.25, 0.3) is 0 Å². The van der Waals surface area contributed by atoms with Crippen LogP contribution in [0.3, 0.4) is 0 Å². The van der Waals surface area contributed by atoms with Gasteiger partial charge in [0.1, 0.15) is 11.9 Å². The monoisotopic (exact) mass is 646 g/mol. The van der Waals surface area contributed by atoms with E-state index in [1.807, 2.05) is 12.1 Å². The van der Waals surface area contributed by atoms with Gasteiger partial charge in [-0.25, -0.2) is 0 Å². The molecule has 2 N–H and O–H groups in total. The Balaban J connectivity index is 1.43. The molecule has 2 aliphatic rings. The summed E-state index contributed by atoms with van der Waals surface area (Å²) >= 11 is 12.4. The minimum absolute atomic E-state index is 0.0332. The van der Waals surface area contributed by atoms with Gasteiger partial charge in [0.15, 0.2) is 0 Å². The molecule has 8 heteroatoms. The first-order chi connectivity index (χ1) is 21.3. The summed E-state index contributed by atoms with van der Waals surface area (Å²) in [6, 6.07) is 14.7. The zero-order valence-electron chi connectivity index (χ0n) is 27.1. The zero-order valence-corrected chi connectivity index (χ0v) is 28.6. The van der Waals surface area contributed by atoms with Crippen LogP contribution in [-0.2, 0) is 26.5 Å². The van der Waals surface area contributed by atoms with Crippen LogP contribution < -0.4 is 15.4 Å². The second-order valence-corrected chi connectivity index (χ2v) is 13.6. The highest BCUT2D eigenvalue weighted by Crippen LogP contribution is 2.45. The lowest BCUT2D eigenvalue weighted by Gasteiger charge is -2.28. The zero-order chi connectivity index (χ0) is 31.5. The Morgan fingerprint density at radius 1 is 0.977 bits per heavy atom. The van der Waals surface area contributed by atoms with Gasteiger partial charge in [-0.1, -0.05) is 81.8 Å². The third kappa shape index (κ3) is 11.0. The lowest BCUT2D eigenvalue weighted by Crippen LogP contribution is -2.42. The molecule has 2 aromatic carbocycles. The van der Waals surface area contributed by atoms with Crippen LogP contribution in [0.1, 0.15) is 63.3 Å². The minimum Gasteiger partial charge on any atom is -0.495 e. The normalized spacial score (nSPS) is 28.8. The Bertz CT molecular complexity index is 1160. The maximum Gasteiger partial charge on any atom is 0.137 e. The molecular formula is C36H52Cl2N2O4. The Labute approximate surface area is 275 Å². The number of ether oxygens (including phenoxy) is 4.